The maximum absolute atomic E-state index is 12.3. The van der Waals surface area contributed by atoms with Gasteiger partial charge in [-0.05, 0) is 12.1 Å². The van der Waals surface area contributed by atoms with E-state index in [0.717, 1.165) is 16.8 Å². The molecule has 118 valence electrons. The third-order valence-corrected chi connectivity index (χ3v) is 4.42. The maximum atomic E-state index is 12.3. The summed E-state index contributed by atoms with van der Waals surface area (Å²) in [4.78, 5) is 23.4. The topological polar surface area (TPSA) is 83.8 Å². The molecule has 4 aromatic rings. The second-order valence-corrected chi connectivity index (χ2v) is 5.92. The van der Waals surface area contributed by atoms with Gasteiger partial charge in [-0.3, -0.25) is 4.98 Å². The fourth-order valence-electron chi connectivity index (χ4n) is 2.43. The van der Waals surface area contributed by atoms with Gasteiger partial charge in [0.15, 0.2) is 0 Å². The van der Waals surface area contributed by atoms with E-state index >= 15 is 0 Å². The molecule has 0 unspecified atom stereocenters. The number of benzene rings is 1. The molecule has 0 saturated heterocycles. The number of hydrogen-bond donors (Lipinski definition) is 2. The average Bonchev–Trinajstić information content (AvgIpc) is 3.21. The number of thiazole rings is 1. The normalized spacial score (nSPS) is 10.8. The largest absolute Gasteiger partial charge is 0.493 e. The van der Waals surface area contributed by atoms with Crippen molar-refractivity contribution >= 4 is 11.3 Å². The van der Waals surface area contributed by atoms with Crippen molar-refractivity contribution in [3.05, 3.63) is 70.7 Å². The zero-order valence-corrected chi connectivity index (χ0v) is 13.2. The highest BCUT2D eigenvalue weighted by Crippen LogP contribution is 2.30. The number of nitrogens with one attached hydrogen (secondary N) is 1. The lowest BCUT2D eigenvalue weighted by atomic mass is 10.2. The Bertz CT molecular complexity index is 1040. The number of aromatic amines is 1. The first-order valence-electron chi connectivity index (χ1n) is 7.20. The third kappa shape index (κ3) is 2.40. The minimum Gasteiger partial charge on any atom is -0.493 e. The second-order valence-electron chi connectivity index (χ2n) is 5.08. The van der Waals surface area contributed by atoms with Crippen molar-refractivity contribution in [2.75, 3.05) is 0 Å². The minimum atomic E-state index is -0.429. The molecule has 0 aliphatic carbocycles. The number of imidazole rings is 1. The van der Waals surface area contributed by atoms with Gasteiger partial charge in [-0.2, -0.15) is 0 Å². The summed E-state index contributed by atoms with van der Waals surface area (Å²) in [5, 5.41) is 12.7. The molecule has 7 heteroatoms. The highest BCUT2D eigenvalue weighted by molar-refractivity contribution is 7.12. The number of hydrogen-bond acceptors (Lipinski definition) is 5. The Morgan fingerprint density at radius 3 is 2.54 bits per heavy atom. The van der Waals surface area contributed by atoms with E-state index in [1.807, 2.05) is 47.8 Å². The van der Waals surface area contributed by atoms with Crippen molar-refractivity contribution in [1.82, 2.24) is 19.5 Å². The number of H-pyrrole nitrogens is 1. The Kier molecular flexibility index (Phi) is 3.47. The molecule has 3 heterocycles. The first-order chi connectivity index (χ1) is 11.7. The van der Waals surface area contributed by atoms with Crippen LogP contribution in [0.5, 0.6) is 5.88 Å². The van der Waals surface area contributed by atoms with E-state index in [4.69, 9.17) is 0 Å². The molecule has 0 aliphatic heterocycles. The molecular formula is C17H12N4O2S. The number of pyridine rings is 1. The summed E-state index contributed by atoms with van der Waals surface area (Å²) >= 11 is 1.29. The van der Waals surface area contributed by atoms with E-state index in [-0.39, 0.29) is 5.88 Å². The van der Waals surface area contributed by atoms with Crippen molar-refractivity contribution < 1.29 is 5.11 Å². The zero-order valence-electron chi connectivity index (χ0n) is 12.4. The van der Waals surface area contributed by atoms with Crippen LogP contribution < -0.4 is 5.69 Å². The first-order valence-corrected chi connectivity index (χ1v) is 8.08. The molecule has 0 atom stereocenters. The Morgan fingerprint density at radius 2 is 1.79 bits per heavy atom. The molecule has 0 aliphatic rings. The SMILES string of the molecule is O=c1[nH]c(-c2ccccc2)c(O)n1-c1nc(-c2ccncc2)cs1. The Morgan fingerprint density at radius 1 is 1.04 bits per heavy atom. The molecule has 3 aromatic heterocycles. The third-order valence-electron chi connectivity index (χ3n) is 3.59. The molecule has 1 aromatic carbocycles. The quantitative estimate of drug-likeness (QED) is 0.602. The van der Waals surface area contributed by atoms with Crippen LogP contribution in [-0.2, 0) is 0 Å². The Labute approximate surface area is 140 Å². The van der Waals surface area contributed by atoms with Crippen LogP contribution in [0.4, 0.5) is 0 Å². The van der Waals surface area contributed by atoms with Gasteiger partial charge in [0.1, 0.15) is 5.69 Å². The predicted molar refractivity (Wildman–Crippen MR) is 92.4 cm³/mol. The summed E-state index contributed by atoms with van der Waals surface area (Å²) in [6, 6.07) is 12.9. The Balaban J connectivity index is 1.80. The zero-order chi connectivity index (χ0) is 16.5. The fourth-order valence-corrected chi connectivity index (χ4v) is 3.26. The van der Waals surface area contributed by atoms with Crippen LogP contribution in [0.25, 0.3) is 27.6 Å². The lowest BCUT2D eigenvalue weighted by Gasteiger charge is -2.00. The van der Waals surface area contributed by atoms with Gasteiger partial charge < -0.3 is 10.1 Å². The van der Waals surface area contributed by atoms with Gasteiger partial charge in [0, 0.05) is 28.9 Å². The van der Waals surface area contributed by atoms with Gasteiger partial charge in [0.2, 0.25) is 11.0 Å². The summed E-state index contributed by atoms with van der Waals surface area (Å²) in [5.74, 6) is -0.151. The summed E-state index contributed by atoms with van der Waals surface area (Å²) in [7, 11) is 0. The van der Waals surface area contributed by atoms with Crippen LogP contribution in [0.3, 0.4) is 0 Å². The lowest BCUT2D eigenvalue weighted by molar-refractivity contribution is 0.442. The van der Waals surface area contributed by atoms with E-state index in [0.29, 0.717) is 10.8 Å². The van der Waals surface area contributed by atoms with E-state index in [1.165, 1.54) is 15.9 Å². The number of rotatable bonds is 3. The maximum Gasteiger partial charge on any atom is 0.335 e. The number of aromatic nitrogens is 4. The Hall–Kier alpha value is -3.19. The van der Waals surface area contributed by atoms with Crippen LogP contribution in [-0.4, -0.2) is 24.6 Å². The first kappa shape index (κ1) is 14.4. The van der Waals surface area contributed by atoms with Gasteiger partial charge in [-0.15, -0.1) is 11.3 Å². The molecule has 0 radical (unpaired) electrons. The molecule has 0 fully saturated rings. The molecule has 0 spiro atoms. The van der Waals surface area contributed by atoms with Crippen molar-refractivity contribution in [1.29, 1.82) is 0 Å². The number of nitrogens with zero attached hydrogens (tertiary/aromatic N) is 3. The molecule has 0 amide bonds. The predicted octanol–water partition coefficient (Wildman–Crippen LogP) is 3.06. The number of aromatic hydroxyl groups is 1. The van der Waals surface area contributed by atoms with Crippen LogP contribution in [0.2, 0.25) is 0 Å². The summed E-state index contributed by atoms with van der Waals surface area (Å²) < 4.78 is 1.18. The standard InChI is InChI=1S/C17H12N4O2S/c22-15-14(12-4-2-1-3-5-12)20-16(23)21(15)17-19-13(10-24-17)11-6-8-18-9-7-11/h1-10,22H,(H,20,23). The van der Waals surface area contributed by atoms with Gasteiger partial charge >= 0.3 is 5.69 Å². The fraction of sp³-hybridized carbons (Fsp3) is 0. The molecule has 2 N–H and O–H groups in total. The van der Waals surface area contributed by atoms with Crippen molar-refractivity contribution in [2.45, 2.75) is 0 Å². The van der Waals surface area contributed by atoms with Gasteiger partial charge in [-0.1, -0.05) is 30.3 Å². The summed E-state index contributed by atoms with van der Waals surface area (Å²) in [6.07, 6.45) is 3.36. The second kappa shape index (κ2) is 5.78. The lowest BCUT2D eigenvalue weighted by Crippen LogP contribution is -2.14. The van der Waals surface area contributed by atoms with Gasteiger partial charge in [-0.25, -0.2) is 14.3 Å². The highest BCUT2D eigenvalue weighted by atomic mass is 32.1. The molecule has 0 bridgehead atoms. The minimum absolute atomic E-state index is 0.151. The molecule has 4 rings (SSSR count). The summed E-state index contributed by atoms with van der Waals surface area (Å²) in [6.45, 7) is 0. The van der Waals surface area contributed by atoms with Crippen molar-refractivity contribution in [2.24, 2.45) is 0 Å². The van der Waals surface area contributed by atoms with Crippen LogP contribution in [0.1, 0.15) is 0 Å². The van der Waals surface area contributed by atoms with Crippen LogP contribution in [0.15, 0.2) is 65.0 Å². The van der Waals surface area contributed by atoms with Crippen molar-refractivity contribution in [3.63, 3.8) is 0 Å². The monoisotopic (exact) mass is 336 g/mol. The molecule has 24 heavy (non-hydrogen) atoms. The van der Waals surface area contributed by atoms with Crippen LogP contribution >= 0.6 is 11.3 Å². The van der Waals surface area contributed by atoms with Gasteiger partial charge in [0.25, 0.3) is 0 Å². The highest BCUT2D eigenvalue weighted by Gasteiger charge is 2.18. The molecule has 0 saturated carbocycles. The van der Waals surface area contributed by atoms with Crippen molar-refractivity contribution in [3.8, 4) is 33.5 Å². The molecule has 6 nitrogen and oxygen atoms in total. The smallest absolute Gasteiger partial charge is 0.335 e. The van der Waals surface area contributed by atoms with Gasteiger partial charge in [0.05, 0.1) is 5.69 Å². The summed E-state index contributed by atoms with van der Waals surface area (Å²) in [5.41, 5.74) is 2.31. The average molecular weight is 336 g/mol. The van der Waals surface area contributed by atoms with E-state index in [2.05, 4.69) is 15.0 Å². The van der Waals surface area contributed by atoms with Crippen LogP contribution in [0, 0.1) is 0 Å². The van der Waals surface area contributed by atoms with E-state index < -0.39 is 5.69 Å². The molecular weight excluding hydrogens is 324 g/mol. The van der Waals surface area contributed by atoms with E-state index in [1.54, 1.807) is 12.4 Å². The van der Waals surface area contributed by atoms with E-state index in [9.17, 15) is 9.90 Å².